The molecule has 5 nitrogen and oxygen atoms in total. The van der Waals surface area contributed by atoms with E-state index in [-0.39, 0.29) is 23.3 Å². The Morgan fingerprint density at radius 3 is 2.72 bits per heavy atom. The molecule has 152 valence electrons. The molecule has 1 aliphatic rings. The molecule has 0 N–H and O–H groups in total. The minimum Gasteiger partial charge on any atom is -0.339 e. The molecule has 2 aromatic heterocycles. The Balaban J connectivity index is 1.71. The molecule has 1 saturated heterocycles. The summed E-state index contributed by atoms with van der Waals surface area (Å²) in [5.74, 6) is 0.408. The van der Waals surface area contributed by atoms with Crippen LogP contribution >= 0.6 is 23.1 Å². The van der Waals surface area contributed by atoms with E-state index in [0.29, 0.717) is 15.4 Å². The number of carbonyl (C=O) groups excluding carboxylic acids is 1. The highest BCUT2D eigenvalue weighted by molar-refractivity contribution is 7.99. The van der Waals surface area contributed by atoms with Gasteiger partial charge in [0.05, 0.1) is 17.0 Å². The molecule has 1 aromatic carbocycles. The van der Waals surface area contributed by atoms with Crippen molar-refractivity contribution in [2.75, 3.05) is 12.3 Å². The molecule has 1 atom stereocenters. The van der Waals surface area contributed by atoms with Crippen molar-refractivity contribution in [2.24, 2.45) is 0 Å². The van der Waals surface area contributed by atoms with Gasteiger partial charge in [0.1, 0.15) is 4.70 Å². The molecule has 3 aromatic rings. The zero-order valence-corrected chi connectivity index (χ0v) is 18.6. The van der Waals surface area contributed by atoms with Crippen molar-refractivity contribution >= 4 is 39.2 Å². The Morgan fingerprint density at radius 1 is 1.24 bits per heavy atom. The quantitative estimate of drug-likeness (QED) is 0.453. The number of nitrogens with zero attached hydrogens (tertiary/aromatic N) is 3. The highest BCUT2D eigenvalue weighted by Crippen LogP contribution is 2.26. The van der Waals surface area contributed by atoms with Crippen molar-refractivity contribution in [1.29, 1.82) is 0 Å². The zero-order chi connectivity index (χ0) is 20.5. The smallest absolute Gasteiger partial charge is 0.276 e. The predicted molar refractivity (Wildman–Crippen MR) is 120 cm³/mol. The molecule has 29 heavy (non-hydrogen) atoms. The third-order valence-corrected chi connectivity index (χ3v) is 7.18. The van der Waals surface area contributed by atoms with E-state index in [0.717, 1.165) is 36.2 Å². The average molecular weight is 428 g/mol. The van der Waals surface area contributed by atoms with Gasteiger partial charge in [-0.2, -0.15) is 0 Å². The normalized spacial score (nSPS) is 17.1. The molecule has 1 fully saturated rings. The van der Waals surface area contributed by atoms with Gasteiger partial charge < -0.3 is 4.90 Å². The van der Waals surface area contributed by atoms with Crippen LogP contribution in [-0.2, 0) is 4.79 Å². The first kappa shape index (κ1) is 20.2. The van der Waals surface area contributed by atoms with Crippen LogP contribution in [0.15, 0.2) is 39.6 Å². The average Bonchev–Trinajstić information content (AvgIpc) is 3.14. The van der Waals surface area contributed by atoms with Crippen LogP contribution in [0.1, 0.15) is 37.3 Å². The topological polar surface area (TPSA) is 55.2 Å². The number of rotatable bonds is 4. The fourth-order valence-corrected chi connectivity index (χ4v) is 5.63. The number of likely N-dealkylation sites (tertiary alicyclic amines) is 1. The monoisotopic (exact) mass is 427 g/mol. The highest BCUT2D eigenvalue weighted by atomic mass is 32.2. The predicted octanol–water partition coefficient (Wildman–Crippen LogP) is 4.56. The van der Waals surface area contributed by atoms with E-state index in [1.165, 1.54) is 29.5 Å². The number of hydrogen-bond donors (Lipinski definition) is 0. The second-order valence-corrected chi connectivity index (χ2v) is 9.60. The van der Waals surface area contributed by atoms with Crippen LogP contribution in [0.3, 0.4) is 0 Å². The van der Waals surface area contributed by atoms with Gasteiger partial charge in [-0.1, -0.05) is 17.8 Å². The van der Waals surface area contributed by atoms with Crippen molar-refractivity contribution in [3.63, 3.8) is 0 Å². The summed E-state index contributed by atoms with van der Waals surface area (Å²) in [6.07, 6.45) is 3.30. The van der Waals surface area contributed by atoms with Crippen LogP contribution in [0.5, 0.6) is 0 Å². The third-order valence-electron chi connectivity index (χ3n) is 5.36. The maximum atomic E-state index is 13.3. The summed E-state index contributed by atoms with van der Waals surface area (Å²) in [6, 6.07) is 8.22. The van der Waals surface area contributed by atoms with E-state index in [4.69, 9.17) is 4.98 Å². The lowest BCUT2D eigenvalue weighted by Gasteiger charge is -2.33. The first-order chi connectivity index (χ1) is 13.9. The van der Waals surface area contributed by atoms with E-state index in [1.807, 2.05) is 42.3 Å². The molecular weight excluding hydrogens is 402 g/mol. The van der Waals surface area contributed by atoms with Gasteiger partial charge in [-0.3, -0.25) is 14.2 Å². The fraction of sp³-hybridized carbons (Fsp3) is 0.409. The number of piperidine rings is 1. The number of hydrogen-bond acceptors (Lipinski definition) is 5. The van der Waals surface area contributed by atoms with Gasteiger partial charge in [0.25, 0.3) is 5.56 Å². The van der Waals surface area contributed by atoms with Gasteiger partial charge in [0.15, 0.2) is 5.16 Å². The molecule has 1 amide bonds. The summed E-state index contributed by atoms with van der Waals surface area (Å²) < 4.78 is 2.31. The number of fused-ring (bicyclic) bond motifs is 1. The molecule has 0 bridgehead atoms. The first-order valence-corrected chi connectivity index (χ1v) is 11.8. The zero-order valence-electron chi connectivity index (χ0n) is 17.0. The van der Waals surface area contributed by atoms with Crippen molar-refractivity contribution in [3.05, 3.63) is 51.1 Å². The van der Waals surface area contributed by atoms with Gasteiger partial charge in [-0.25, -0.2) is 4.98 Å². The minimum absolute atomic E-state index is 0.0729. The Hall–Kier alpha value is -2.12. The van der Waals surface area contributed by atoms with Crippen LogP contribution in [0.4, 0.5) is 0 Å². The van der Waals surface area contributed by atoms with Gasteiger partial charge in [-0.05, 0) is 74.7 Å². The molecule has 0 saturated carbocycles. The minimum atomic E-state index is -0.0729. The van der Waals surface area contributed by atoms with Gasteiger partial charge in [0.2, 0.25) is 5.91 Å². The number of thiophene rings is 1. The van der Waals surface area contributed by atoms with E-state index >= 15 is 0 Å². The summed E-state index contributed by atoms with van der Waals surface area (Å²) in [5, 5.41) is 2.46. The molecular formula is C22H25N3O2S2. The molecule has 0 spiro atoms. The van der Waals surface area contributed by atoms with Crippen molar-refractivity contribution in [2.45, 2.75) is 51.2 Å². The number of amides is 1. The summed E-state index contributed by atoms with van der Waals surface area (Å²) >= 11 is 2.76. The maximum absolute atomic E-state index is 13.3. The number of carbonyl (C=O) groups is 1. The van der Waals surface area contributed by atoms with Crippen molar-refractivity contribution in [3.8, 4) is 5.69 Å². The summed E-state index contributed by atoms with van der Waals surface area (Å²) in [6.45, 7) is 6.98. The second kappa shape index (κ2) is 8.32. The molecule has 0 unspecified atom stereocenters. The van der Waals surface area contributed by atoms with Crippen LogP contribution in [0.2, 0.25) is 0 Å². The lowest BCUT2D eigenvalue weighted by Crippen LogP contribution is -2.43. The van der Waals surface area contributed by atoms with Gasteiger partial charge in [0, 0.05) is 12.6 Å². The van der Waals surface area contributed by atoms with Crippen molar-refractivity contribution < 1.29 is 4.79 Å². The maximum Gasteiger partial charge on any atom is 0.276 e. The van der Waals surface area contributed by atoms with E-state index < -0.39 is 0 Å². The fourth-order valence-electron chi connectivity index (χ4n) is 3.97. The summed E-state index contributed by atoms with van der Waals surface area (Å²) in [4.78, 5) is 32.8. The summed E-state index contributed by atoms with van der Waals surface area (Å²) in [7, 11) is 0. The van der Waals surface area contributed by atoms with E-state index in [1.54, 1.807) is 4.57 Å². The SMILES string of the molecule is Cc1cc(C)cc(-n2c(SCC(=O)N3CCCC[C@H]3C)nc3ccsc3c2=O)c1. The van der Waals surface area contributed by atoms with E-state index in [2.05, 4.69) is 13.0 Å². The standard InChI is InChI=1S/C22H25N3O2S2/c1-14-10-15(2)12-17(11-14)25-21(27)20-18(7-9-28-20)23-22(25)29-13-19(26)24-8-5-4-6-16(24)3/h7,9-12,16H,4-6,8,13H2,1-3H3/t16-/m1/s1. The molecule has 0 radical (unpaired) electrons. The number of aromatic nitrogens is 2. The highest BCUT2D eigenvalue weighted by Gasteiger charge is 2.24. The summed E-state index contributed by atoms with van der Waals surface area (Å²) in [5.41, 5.74) is 3.61. The van der Waals surface area contributed by atoms with Crippen LogP contribution in [-0.4, -0.2) is 38.7 Å². The van der Waals surface area contributed by atoms with Gasteiger partial charge >= 0.3 is 0 Å². The van der Waals surface area contributed by atoms with Crippen molar-refractivity contribution in [1.82, 2.24) is 14.5 Å². The number of aryl methyl sites for hydroxylation is 2. The lowest BCUT2D eigenvalue weighted by molar-refractivity contribution is -0.131. The number of benzene rings is 1. The Kier molecular flexibility index (Phi) is 5.79. The van der Waals surface area contributed by atoms with E-state index in [9.17, 15) is 9.59 Å². The molecule has 3 heterocycles. The Bertz CT molecular complexity index is 1100. The van der Waals surface area contributed by atoms with Crippen LogP contribution in [0, 0.1) is 13.8 Å². The molecule has 1 aliphatic heterocycles. The second-order valence-electron chi connectivity index (χ2n) is 7.74. The Labute approximate surface area is 178 Å². The first-order valence-electron chi connectivity index (χ1n) is 9.95. The molecule has 7 heteroatoms. The molecule has 0 aliphatic carbocycles. The van der Waals surface area contributed by atoms with Gasteiger partial charge in [-0.15, -0.1) is 11.3 Å². The van der Waals surface area contributed by atoms with Crippen LogP contribution < -0.4 is 5.56 Å². The number of thioether (sulfide) groups is 1. The Morgan fingerprint density at radius 2 is 2.00 bits per heavy atom. The third kappa shape index (κ3) is 4.12. The molecule has 4 rings (SSSR count). The lowest BCUT2D eigenvalue weighted by atomic mass is 10.0. The largest absolute Gasteiger partial charge is 0.339 e. The van der Waals surface area contributed by atoms with Crippen LogP contribution in [0.25, 0.3) is 15.9 Å².